The zero-order valence-corrected chi connectivity index (χ0v) is 14.0. The number of thioether (sulfide) groups is 2. The lowest BCUT2D eigenvalue weighted by atomic mass is 10.00. The van der Waals surface area contributed by atoms with Crippen LogP contribution in [0.4, 0.5) is 0 Å². The zero-order valence-electron chi connectivity index (χ0n) is 12.4. The van der Waals surface area contributed by atoms with Gasteiger partial charge >= 0.3 is 0 Å². The Labute approximate surface area is 130 Å². The maximum atomic E-state index is 9.49. The van der Waals surface area contributed by atoms with E-state index >= 15 is 0 Å². The standard InChI is InChI=1S/C17H19NS2/c1-10(2)8-13(5)14(9-18)17-19-15-11(3)6-7-12(4)16(15)20-17/h6-7,10H,5,8H2,1-4H3. The predicted octanol–water partition coefficient (Wildman–Crippen LogP) is 5.84. The molecule has 0 aromatic heterocycles. The van der Waals surface area contributed by atoms with E-state index in [1.807, 2.05) is 0 Å². The van der Waals surface area contributed by atoms with Crippen molar-refractivity contribution in [1.82, 2.24) is 0 Å². The quantitative estimate of drug-likeness (QED) is 0.655. The van der Waals surface area contributed by atoms with Crippen molar-refractivity contribution in [3.63, 3.8) is 0 Å². The summed E-state index contributed by atoms with van der Waals surface area (Å²) >= 11 is 3.45. The SMILES string of the molecule is C=C(CC(C)C)C(C#N)=C1Sc2c(C)ccc(C)c2S1. The van der Waals surface area contributed by atoms with Gasteiger partial charge in [-0.25, -0.2) is 0 Å². The summed E-state index contributed by atoms with van der Waals surface area (Å²) in [6.45, 7) is 12.7. The van der Waals surface area contributed by atoms with E-state index in [0.29, 0.717) is 5.92 Å². The van der Waals surface area contributed by atoms with Crippen molar-refractivity contribution in [2.24, 2.45) is 5.92 Å². The lowest BCUT2D eigenvalue weighted by molar-refractivity contribution is 0.649. The average Bonchev–Trinajstić information content (AvgIpc) is 2.80. The van der Waals surface area contributed by atoms with Crippen LogP contribution in [0.3, 0.4) is 0 Å². The molecule has 0 fully saturated rings. The molecule has 0 saturated carbocycles. The topological polar surface area (TPSA) is 23.8 Å². The maximum Gasteiger partial charge on any atom is 0.101 e. The summed E-state index contributed by atoms with van der Waals surface area (Å²) in [4.78, 5) is 2.60. The van der Waals surface area contributed by atoms with Crippen molar-refractivity contribution in [2.45, 2.75) is 43.9 Å². The second-order valence-corrected chi connectivity index (χ2v) is 7.84. The van der Waals surface area contributed by atoms with Crippen LogP contribution in [0.5, 0.6) is 0 Å². The Hall–Kier alpha value is -1.11. The number of fused-ring (bicyclic) bond motifs is 1. The van der Waals surface area contributed by atoms with Gasteiger partial charge in [0.2, 0.25) is 0 Å². The first kappa shape index (κ1) is 15.3. The molecule has 2 rings (SSSR count). The summed E-state index contributed by atoms with van der Waals surface area (Å²) in [5, 5.41) is 9.49. The van der Waals surface area contributed by atoms with Crippen LogP contribution >= 0.6 is 23.5 Å². The van der Waals surface area contributed by atoms with Gasteiger partial charge in [-0.05, 0) is 42.9 Å². The number of allylic oxidation sites excluding steroid dienone is 2. The van der Waals surface area contributed by atoms with Crippen molar-refractivity contribution in [3.05, 3.63) is 45.2 Å². The monoisotopic (exact) mass is 301 g/mol. The molecule has 0 atom stereocenters. The summed E-state index contributed by atoms with van der Waals surface area (Å²) in [6, 6.07) is 6.67. The third-order valence-corrected chi connectivity index (χ3v) is 6.09. The van der Waals surface area contributed by atoms with Crippen molar-refractivity contribution < 1.29 is 0 Å². The van der Waals surface area contributed by atoms with Crippen molar-refractivity contribution in [2.75, 3.05) is 0 Å². The van der Waals surface area contributed by atoms with E-state index in [2.05, 4.69) is 52.5 Å². The van der Waals surface area contributed by atoms with Crippen molar-refractivity contribution >= 4 is 23.5 Å². The number of rotatable bonds is 3. The number of aryl methyl sites for hydroxylation is 2. The number of nitriles is 1. The highest BCUT2D eigenvalue weighted by molar-refractivity contribution is 8.24. The molecular formula is C17H19NS2. The van der Waals surface area contributed by atoms with Gasteiger partial charge in [-0.15, -0.1) is 0 Å². The van der Waals surface area contributed by atoms with Crippen LogP contribution < -0.4 is 0 Å². The van der Waals surface area contributed by atoms with Crippen molar-refractivity contribution in [3.8, 4) is 6.07 Å². The lowest BCUT2D eigenvalue weighted by Crippen LogP contribution is -1.94. The van der Waals surface area contributed by atoms with E-state index in [9.17, 15) is 5.26 Å². The molecular weight excluding hydrogens is 282 g/mol. The van der Waals surface area contributed by atoms with Crippen LogP contribution in [0.2, 0.25) is 0 Å². The van der Waals surface area contributed by atoms with Gasteiger partial charge in [0.15, 0.2) is 0 Å². The first-order valence-corrected chi connectivity index (χ1v) is 8.35. The summed E-state index contributed by atoms with van der Waals surface area (Å²) in [5.74, 6) is 0.522. The van der Waals surface area contributed by atoms with Gasteiger partial charge in [-0.2, -0.15) is 5.26 Å². The van der Waals surface area contributed by atoms with E-state index in [0.717, 1.165) is 21.8 Å². The Morgan fingerprint density at radius 1 is 1.20 bits per heavy atom. The van der Waals surface area contributed by atoms with Crippen LogP contribution in [0, 0.1) is 31.1 Å². The fourth-order valence-electron chi connectivity index (χ4n) is 2.19. The van der Waals surface area contributed by atoms with Gasteiger partial charge in [0, 0.05) is 9.79 Å². The highest BCUT2D eigenvalue weighted by atomic mass is 32.2. The summed E-state index contributed by atoms with van der Waals surface area (Å²) < 4.78 is 1.09. The molecule has 0 spiro atoms. The predicted molar refractivity (Wildman–Crippen MR) is 88.9 cm³/mol. The molecule has 0 bridgehead atoms. The second kappa shape index (κ2) is 6.11. The van der Waals surface area contributed by atoms with Gasteiger partial charge in [-0.3, -0.25) is 0 Å². The summed E-state index contributed by atoms with van der Waals surface area (Å²) in [6.07, 6.45) is 0.877. The van der Waals surface area contributed by atoms with E-state index in [-0.39, 0.29) is 0 Å². The molecule has 1 aromatic carbocycles. The molecule has 1 heterocycles. The number of hydrogen-bond donors (Lipinski definition) is 0. The lowest BCUT2D eigenvalue weighted by Gasteiger charge is -2.08. The first-order chi connectivity index (χ1) is 9.43. The number of benzene rings is 1. The molecule has 0 radical (unpaired) electrons. The molecule has 20 heavy (non-hydrogen) atoms. The highest BCUT2D eigenvalue weighted by Gasteiger charge is 2.25. The second-order valence-electron chi connectivity index (χ2n) is 5.54. The molecule has 0 unspecified atom stereocenters. The molecule has 0 saturated heterocycles. The first-order valence-electron chi connectivity index (χ1n) is 6.72. The molecule has 1 aromatic rings. The fraction of sp³-hybridized carbons (Fsp3) is 0.353. The van der Waals surface area contributed by atoms with E-state index in [1.54, 1.807) is 23.5 Å². The third-order valence-electron chi connectivity index (χ3n) is 3.22. The average molecular weight is 301 g/mol. The highest BCUT2D eigenvalue weighted by Crippen LogP contribution is 2.55. The van der Waals surface area contributed by atoms with Gasteiger partial charge < -0.3 is 0 Å². The summed E-state index contributed by atoms with van der Waals surface area (Å²) in [5.41, 5.74) is 4.29. The number of hydrogen-bond acceptors (Lipinski definition) is 3. The van der Waals surface area contributed by atoms with Crippen LogP contribution in [0.15, 0.2) is 43.9 Å². The van der Waals surface area contributed by atoms with Crippen LogP contribution in [-0.2, 0) is 0 Å². The molecule has 1 aliphatic heterocycles. The minimum atomic E-state index is 0.522. The maximum absolute atomic E-state index is 9.49. The molecule has 1 nitrogen and oxygen atoms in total. The van der Waals surface area contributed by atoms with E-state index in [1.165, 1.54) is 20.9 Å². The molecule has 104 valence electrons. The Bertz CT molecular complexity index is 600. The van der Waals surface area contributed by atoms with E-state index < -0.39 is 0 Å². The van der Waals surface area contributed by atoms with Gasteiger partial charge in [0.05, 0.1) is 9.81 Å². The molecule has 3 heteroatoms. The van der Waals surface area contributed by atoms with Crippen molar-refractivity contribution in [1.29, 1.82) is 5.26 Å². The van der Waals surface area contributed by atoms with Crippen LogP contribution in [0.25, 0.3) is 0 Å². The minimum absolute atomic E-state index is 0.522. The molecule has 1 aliphatic rings. The Balaban J connectivity index is 2.39. The van der Waals surface area contributed by atoms with E-state index in [4.69, 9.17) is 0 Å². The zero-order chi connectivity index (χ0) is 14.9. The van der Waals surface area contributed by atoms with Crippen LogP contribution in [-0.4, -0.2) is 0 Å². The van der Waals surface area contributed by atoms with Gasteiger partial charge in [-0.1, -0.05) is 56.1 Å². The third kappa shape index (κ3) is 2.97. The van der Waals surface area contributed by atoms with Crippen LogP contribution in [0.1, 0.15) is 31.4 Å². The minimum Gasteiger partial charge on any atom is -0.192 e. The normalized spacial score (nSPS) is 13.3. The van der Waals surface area contributed by atoms with Gasteiger partial charge in [0.1, 0.15) is 6.07 Å². The largest absolute Gasteiger partial charge is 0.192 e. The Morgan fingerprint density at radius 3 is 2.10 bits per heavy atom. The molecule has 0 aliphatic carbocycles. The number of nitrogens with zero attached hydrogens (tertiary/aromatic N) is 1. The Kier molecular flexibility index (Phi) is 4.67. The smallest absolute Gasteiger partial charge is 0.101 e. The Morgan fingerprint density at radius 2 is 1.70 bits per heavy atom. The summed E-state index contributed by atoms with van der Waals surface area (Å²) in [7, 11) is 0. The molecule has 0 amide bonds. The fourth-order valence-corrected chi connectivity index (χ4v) is 5.02. The molecule has 0 N–H and O–H groups in total. The van der Waals surface area contributed by atoms with Gasteiger partial charge in [0.25, 0.3) is 0 Å².